The van der Waals surface area contributed by atoms with Crippen molar-refractivity contribution in [2.24, 2.45) is 0 Å². The van der Waals surface area contributed by atoms with Crippen LogP contribution in [0.5, 0.6) is 11.5 Å². The molecule has 0 aliphatic carbocycles. The van der Waals surface area contributed by atoms with Gasteiger partial charge in [0.1, 0.15) is 5.75 Å². The Hall–Kier alpha value is -2.06. The summed E-state index contributed by atoms with van der Waals surface area (Å²) in [5.74, 6) is 1.00. The number of pyridine rings is 1. The van der Waals surface area contributed by atoms with Crippen LogP contribution in [0.1, 0.15) is 5.56 Å². The number of rotatable bonds is 2. The number of hydrogen-bond donors (Lipinski definition) is 1. The van der Waals surface area contributed by atoms with Crippen molar-refractivity contribution < 1.29 is 4.74 Å². The van der Waals surface area contributed by atoms with Crippen molar-refractivity contribution in [3.63, 3.8) is 0 Å². The van der Waals surface area contributed by atoms with Gasteiger partial charge in [-0.05, 0) is 34.1 Å². The summed E-state index contributed by atoms with van der Waals surface area (Å²) < 4.78 is 6.37. The van der Waals surface area contributed by atoms with Crippen LogP contribution in [-0.2, 0) is 0 Å². The maximum absolute atomic E-state index is 8.80. The van der Waals surface area contributed by atoms with Crippen molar-refractivity contribution in [3.8, 4) is 17.6 Å². The van der Waals surface area contributed by atoms with Gasteiger partial charge in [0.15, 0.2) is 5.75 Å². The van der Waals surface area contributed by atoms with Gasteiger partial charge in [0, 0.05) is 16.7 Å². The van der Waals surface area contributed by atoms with Crippen molar-refractivity contribution >= 4 is 21.6 Å². The van der Waals surface area contributed by atoms with E-state index < -0.39 is 0 Å². The van der Waals surface area contributed by atoms with E-state index in [2.05, 4.69) is 20.9 Å². The number of nitrogen functional groups attached to an aromatic ring is 1. The van der Waals surface area contributed by atoms with Crippen LogP contribution in [-0.4, -0.2) is 4.98 Å². The minimum absolute atomic E-state index is 0.448. The number of nitrogens with two attached hydrogens (primary N) is 1. The van der Waals surface area contributed by atoms with Crippen LogP contribution < -0.4 is 10.5 Å². The van der Waals surface area contributed by atoms with E-state index in [0.29, 0.717) is 22.7 Å². The highest BCUT2D eigenvalue weighted by Crippen LogP contribution is 2.29. The molecule has 84 valence electrons. The highest BCUT2D eigenvalue weighted by Gasteiger charge is 2.04. The molecule has 4 nitrogen and oxygen atoms in total. The monoisotopic (exact) mass is 289 g/mol. The Bertz CT molecular complexity index is 593. The number of hydrogen-bond acceptors (Lipinski definition) is 4. The Morgan fingerprint density at radius 1 is 1.29 bits per heavy atom. The Balaban J connectivity index is 2.33. The topological polar surface area (TPSA) is 71.9 Å². The van der Waals surface area contributed by atoms with Crippen molar-refractivity contribution in [1.29, 1.82) is 5.26 Å². The molecule has 2 N–H and O–H groups in total. The summed E-state index contributed by atoms with van der Waals surface area (Å²) in [6.07, 6.45) is 3.23. The Morgan fingerprint density at radius 2 is 2.12 bits per heavy atom. The highest BCUT2D eigenvalue weighted by molar-refractivity contribution is 9.10. The molecule has 1 aromatic heterocycles. The lowest BCUT2D eigenvalue weighted by Gasteiger charge is -2.08. The van der Waals surface area contributed by atoms with Crippen LogP contribution in [0.3, 0.4) is 0 Å². The number of nitriles is 1. The van der Waals surface area contributed by atoms with Crippen molar-refractivity contribution in [2.75, 3.05) is 5.73 Å². The zero-order valence-electron chi connectivity index (χ0n) is 8.72. The predicted molar refractivity (Wildman–Crippen MR) is 67.6 cm³/mol. The summed E-state index contributed by atoms with van der Waals surface area (Å²) in [6.45, 7) is 0. The molecular weight excluding hydrogens is 282 g/mol. The lowest BCUT2D eigenvalue weighted by Crippen LogP contribution is -1.93. The second-order valence-electron chi connectivity index (χ2n) is 3.31. The second kappa shape index (κ2) is 4.85. The number of anilines is 1. The number of halogens is 1. The molecule has 2 aromatic rings. The lowest BCUT2D eigenvalue weighted by atomic mass is 10.2. The van der Waals surface area contributed by atoms with Gasteiger partial charge in [-0.15, -0.1) is 0 Å². The van der Waals surface area contributed by atoms with E-state index in [1.165, 1.54) is 0 Å². The van der Waals surface area contributed by atoms with Crippen LogP contribution in [0.15, 0.2) is 41.1 Å². The summed E-state index contributed by atoms with van der Waals surface area (Å²) in [6, 6.07) is 8.67. The SMILES string of the molecule is N#Cc1ccc(N)c(Oc2cncc(Br)c2)c1. The first-order valence-electron chi connectivity index (χ1n) is 4.77. The van der Waals surface area contributed by atoms with E-state index in [1.807, 2.05) is 6.07 Å². The molecule has 5 heteroatoms. The zero-order chi connectivity index (χ0) is 12.3. The second-order valence-corrected chi connectivity index (χ2v) is 4.22. The van der Waals surface area contributed by atoms with Crippen LogP contribution >= 0.6 is 15.9 Å². The quantitative estimate of drug-likeness (QED) is 0.863. The summed E-state index contributed by atoms with van der Waals surface area (Å²) in [7, 11) is 0. The van der Waals surface area contributed by atoms with Crippen molar-refractivity contribution in [1.82, 2.24) is 4.98 Å². The van der Waals surface area contributed by atoms with Gasteiger partial charge >= 0.3 is 0 Å². The Morgan fingerprint density at radius 3 is 2.82 bits per heavy atom. The molecule has 1 heterocycles. The van der Waals surface area contributed by atoms with Crippen LogP contribution in [0.2, 0.25) is 0 Å². The predicted octanol–water partition coefficient (Wildman–Crippen LogP) is 3.09. The average Bonchev–Trinajstić information content (AvgIpc) is 2.32. The van der Waals surface area contributed by atoms with Crippen LogP contribution in [0.4, 0.5) is 5.69 Å². The summed E-state index contributed by atoms with van der Waals surface area (Å²) in [5, 5.41) is 8.80. The van der Waals surface area contributed by atoms with Crippen LogP contribution in [0, 0.1) is 11.3 Å². The molecule has 0 aliphatic rings. The maximum atomic E-state index is 8.80. The third-order valence-corrected chi connectivity index (χ3v) is 2.48. The third kappa shape index (κ3) is 2.74. The van der Waals surface area contributed by atoms with Gasteiger partial charge < -0.3 is 10.5 Å². The normalized spacial score (nSPS) is 9.65. The van der Waals surface area contributed by atoms with Gasteiger partial charge in [0.2, 0.25) is 0 Å². The molecule has 2 rings (SSSR count). The third-order valence-electron chi connectivity index (χ3n) is 2.05. The molecule has 17 heavy (non-hydrogen) atoms. The molecule has 0 spiro atoms. The van der Waals surface area contributed by atoms with E-state index in [-0.39, 0.29) is 0 Å². The molecule has 0 atom stereocenters. The summed E-state index contributed by atoms with van der Waals surface area (Å²) in [4.78, 5) is 3.97. The van der Waals surface area contributed by atoms with E-state index in [4.69, 9.17) is 15.7 Å². The molecule has 0 radical (unpaired) electrons. The molecule has 0 saturated carbocycles. The van der Waals surface area contributed by atoms with E-state index >= 15 is 0 Å². The van der Waals surface area contributed by atoms with Crippen molar-refractivity contribution in [2.45, 2.75) is 0 Å². The molecule has 0 saturated heterocycles. The van der Waals surface area contributed by atoms with Gasteiger partial charge in [-0.1, -0.05) is 0 Å². The van der Waals surface area contributed by atoms with Gasteiger partial charge in [0.05, 0.1) is 23.5 Å². The molecule has 0 aliphatic heterocycles. The fourth-order valence-electron chi connectivity index (χ4n) is 1.27. The number of benzene rings is 1. The molecule has 1 aromatic carbocycles. The maximum Gasteiger partial charge on any atom is 0.151 e. The minimum atomic E-state index is 0.448. The number of nitrogens with zero attached hydrogens (tertiary/aromatic N) is 2. The molecule has 0 unspecified atom stereocenters. The first-order valence-corrected chi connectivity index (χ1v) is 5.56. The molecular formula is C12H8BrN3O. The average molecular weight is 290 g/mol. The highest BCUT2D eigenvalue weighted by atomic mass is 79.9. The first-order chi connectivity index (χ1) is 8.19. The van der Waals surface area contributed by atoms with Gasteiger partial charge in [-0.2, -0.15) is 5.26 Å². The summed E-state index contributed by atoms with van der Waals surface area (Å²) >= 11 is 3.30. The fraction of sp³-hybridized carbons (Fsp3) is 0. The Kier molecular flexibility index (Phi) is 3.26. The first kappa shape index (κ1) is 11.4. The minimum Gasteiger partial charge on any atom is -0.453 e. The zero-order valence-corrected chi connectivity index (χ0v) is 10.3. The van der Waals surface area contributed by atoms with Gasteiger partial charge in [0.25, 0.3) is 0 Å². The van der Waals surface area contributed by atoms with Gasteiger partial charge in [-0.25, -0.2) is 0 Å². The van der Waals surface area contributed by atoms with Crippen molar-refractivity contribution in [3.05, 3.63) is 46.7 Å². The lowest BCUT2D eigenvalue weighted by molar-refractivity contribution is 0.482. The molecule has 0 amide bonds. The fourth-order valence-corrected chi connectivity index (χ4v) is 1.61. The molecule has 0 fully saturated rings. The number of ether oxygens (including phenoxy) is 1. The van der Waals surface area contributed by atoms with Gasteiger partial charge in [-0.3, -0.25) is 4.98 Å². The number of aromatic nitrogens is 1. The Labute approximate surface area is 107 Å². The van der Waals surface area contributed by atoms with Crippen LogP contribution in [0.25, 0.3) is 0 Å². The summed E-state index contributed by atoms with van der Waals surface area (Å²) in [5.41, 5.74) is 6.74. The van der Waals surface area contributed by atoms with E-state index in [1.54, 1.807) is 36.7 Å². The largest absolute Gasteiger partial charge is 0.453 e. The molecule has 0 bridgehead atoms. The van der Waals surface area contributed by atoms with E-state index in [9.17, 15) is 0 Å². The smallest absolute Gasteiger partial charge is 0.151 e. The van der Waals surface area contributed by atoms with E-state index in [0.717, 1.165) is 4.47 Å². The standard InChI is InChI=1S/C12H8BrN3O/c13-9-4-10(7-16-6-9)17-12-3-8(5-14)1-2-11(12)15/h1-4,6-7H,15H2.